The van der Waals surface area contributed by atoms with E-state index in [0.717, 1.165) is 5.56 Å². The number of hydrogen-bond acceptors (Lipinski definition) is 4. The third-order valence-electron chi connectivity index (χ3n) is 3.16. The normalized spacial score (nSPS) is 14.6. The van der Waals surface area contributed by atoms with Gasteiger partial charge in [0, 0.05) is 19.6 Å². The average Bonchev–Trinajstić information content (AvgIpc) is 2.86. The number of alkyl halides is 2. The maximum atomic E-state index is 12.0. The van der Waals surface area contributed by atoms with Gasteiger partial charge in [0.05, 0.1) is 6.54 Å². The van der Waals surface area contributed by atoms with Gasteiger partial charge >= 0.3 is 12.6 Å². The summed E-state index contributed by atoms with van der Waals surface area (Å²) in [5.74, 6) is -0.179. The first-order valence-corrected chi connectivity index (χ1v) is 6.76. The second-order valence-corrected chi connectivity index (χ2v) is 4.97. The third-order valence-corrected chi connectivity index (χ3v) is 3.16. The van der Waals surface area contributed by atoms with E-state index in [0.29, 0.717) is 19.6 Å². The van der Waals surface area contributed by atoms with Gasteiger partial charge in [0.2, 0.25) is 5.91 Å². The van der Waals surface area contributed by atoms with E-state index in [2.05, 4.69) is 10.1 Å². The van der Waals surface area contributed by atoms with Crippen LogP contribution in [0.5, 0.6) is 5.75 Å². The molecule has 1 heterocycles. The molecule has 1 fully saturated rings. The van der Waals surface area contributed by atoms with E-state index < -0.39 is 6.61 Å². The van der Waals surface area contributed by atoms with E-state index >= 15 is 0 Å². The number of hydrogen-bond donors (Lipinski definition) is 1. The molecule has 0 spiro atoms. The van der Waals surface area contributed by atoms with Crippen molar-refractivity contribution < 1.29 is 23.1 Å². The first-order valence-electron chi connectivity index (χ1n) is 6.76. The van der Waals surface area contributed by atoms with Gasteiger partial charge in [-0.2, -0.15) is 8.78 Å². The van der Waals surface area contributed by atoms with Gasteiger partial charge < -0.3 is 10.1 Å². The number of carbonyl (C=O) groups excluding carboxylic acids is 2. The summed E-state index contributed by atoms with van der Waals surface area (Å²) < 4.78 is 28.4. The Labute approximate surface area is 126 Å². The van der Waals surface area contributed by atoms with Crippen LogP contribution in [-0.2, 0) is 11.3 Å². The molecule has 0 bridgehead atoms. The minimum atomic E-state index is -2.85. The van der Waals surface area contributed by atoms with Crippen LogP contribution in [0.25, 0.3) is 0 Å². The zero-order valence-electron chi connectivity index (χ0n) is 12.1. The molecule has 1 aliphatic heterocycles. The summed E-state index contributed by atoms with van der Waals surface area (Å²) in [7, 11) is 1.75. The highest BCUT2D eigenvalue weighted by atomic mass is 19.3. The maximum absolute atomic E-state index is 12.0. The highest BCUT2D eigenvalue weighted by molar-refractivity contribution is 5.96. The molecule has 0 atom stereocenters. The highest BCUT2D eigenvalue weighted by Gasteiger charge is 2.26. The summed E-state index contributed by atoms with van der Waals surface area (Å²) >= 11 is 0. The van der Waals surface area contributed by atoms with Crippen LogP contribution in [0.3, 0.4) is 0 Å². The second kappa shape index (κ2) is 7.17. The van der Waals surface area contributed by atoms with Gasteiger partial charge in [-0.3, -0.25) is 14.6 Å². The van der Waals surface area contributed by atoms with Crippen LogP contribution in [0, 0.1) is 0 Å². The molecule has 0 aliphatic carbocycles. The van der Waals surface area contributed by atoms with E-state index in [1.54, 1.807) is 24.1 Å². The molecule has 0 aromatic heterocycles. The first kappa shape index (κ1) is 16.2. The molecule has 22 heavy (non-hydrogen) atoms. The van der Waals surface area contributed by atoms with Crippen molar-refractivity contribution in [2.75, 3.05) is 26.7 Å². The van der Waals surface area contributed by atoms with Gasteiger partial charge in [0.25, 0.3) is 0 Å². The minimum absolute atomic E-state index is 0.0891. The molecule has 1 N–H and O–H groups in total. The topological polar surface area (TPSA) is 61.9 Å². The molecular weight excluding hydrogens is 296 g/mol. The molecular formula is C14H17F2N3O3. The third kappa shape index (κ3) is 4.39. The van der Waals surface area contributed by atoms with E-state index in [9.17, 15) is 18.4 Å². The lowest BCUT2D eigenvalue weighted by atomic mass is 10.2. The van der Waals surface area contributed by atoms with Crippen molar-refractivity contribution in [2.24, 2.45) is 0 Å². The van der Waals surface area contributed by atoms with Crippen LogP contribution < -0.4 is 10.1 Å². The number of rotatable bonds is 6. The number of nitrogens with zero attached hydrogens (tertiary/aromatic N) is 2. The van der Waals surface area contributed by atoms with Gasteiger partial charge in [0.15, 0.2) is 0 Å². The van der Waals surface area contributed by atoms with Gasteiger partial charge in [-0.25, -0.2) is 4.79 Å². The Morgan fingerprint density at radius 1 is 1.41 bits per heavy atom. The first-order chi connectivity index (χ1) is 10.5. The summed E-state index contributed by atoms with van der Waals surface area (Å²) in [6.45, 7) is -1.44. The average molecular weight is 313 g/mol. The van der Waals surface area contributed by atoms with E-state index in [-0.39, 0.29) is 24.2 Å². The zero-order chi connectivity index (χ0) is 16.1. The molecule has 8 heteroatoms. The smallest absolute Gasteiger partial charge is 0.387 e. The highest BCUT2D eigenvalue weighted by Crippen LogP contribution is 2.15. The Morgan fingerprint density at radius 3 is 2.64 bits per heavy atom. The minimum Gasteiger partial charge on any atom is -0.435 e. The largest absolute Gasteiger partial charge is 0.435 e. The Balaban J connectivity index is 1.84. The summed E-state index contributed by atoms with van der Waals surface area (Å²) in [6, 6.07) is 5.84. The van der Waals surface area contributed by atoms with Crippen molar-refractivity contribution in [1.29, 1.82) is 0 Å². The standard InChI is InChI=1S/C14H17F2N3O3/c1-18(9-12(20)19-7-6-17-14(19)21)8-10-2-4-11(5-3-10)22-13(15)16/h2-5,13H,6-9H2,1H3,(H,17,21). The molecule has 1 saturated heterocycles. The van der Waals surface area contributed by atoms with Crippen molar-refractivity contribution in [3.8, 4) is 5.75 Å². The number of imide groups is 1. The summed E-state index contributed by atoms with van der Waals surface area (Å²) in [6.07, 6.45) is 0. The summed E-state index contributed by atoms with van der Waals surface area (Å²) in [4.78, 5) is 26.3. The molecule has 1 aliphatic rings. The fourth-order valence-corrected chi connectivity index (χ4v) is 2.17. The SMILES string of the molecule is CN(CC(=O)N1CCNC1=O)Cc1ccc(OC(F)F)cc1. The molecule has 120 valence electrons. The second-order valence-electron chi connectivity index (χ2n) is 4.97. The van der Waals surface area contributed by atoms with Crippen molar-refractivity contribution in [3.63, 3.8) is 0 Å². The van der Waals surface area contributed by atoms with Crippen LogP contribution in [0.2, 0.25) is 0 Å². The van der Waals surface area contributed by atoms with Crippen LogP contribution >= 0.6 is 0 Å². The van der Waals surface area contributed by atoms with Crippen molar-refractivity contribution in [3.05, 3.63) is 29.8 Å². The quantitative estimate of drug-likeness (QED) is 0.859. The molecule has 6 nitrogen and oxygen atoms in total. The number of nitrogens with one attached hydrogen (secondary N) is 1. The van der Waals surface area contributed by atoms with Gasteiger partial charge in [-0.15, -0.1) is 0 Å². The summed E-state index contributed by atoms with van der Waals surface area (Å²) in [5.41, 5.74) is 0.850. The van der Waals surface area contributed by atoms with Gasteiger partial charge in [-0.05, 0) is 24.7 Å². The van der Waals surface area contributed by atoms with Crippen molar-refractivity contribution in [2.45, 2.75) is 13.2 Å². The maximum Gasteiger partial charge on any atom is 0.387 e. The molecule has 0 radical (unpaired) electrons. The van der Waals surface area contributed by atoms with Gasteiger partial charge in [0.1, 0.15) is 5.75 Å². The molecule has 3 amide bonds. The lowest BCUT2D eigenvalue weighted by Gasteiger charge is -2.19. The molecule has 0 unspecified atom stereocenters. The number of halogens is 2. The molecule has 2 rings (SSSR count). The van der Waals surface area contributed by atoms with E-state index in [4.69, 9.17) is 0 Å². The summed E-state index contributed by atoms with van der Waals surface area (Å²) in [5, 5.41) is 2.57. The number of amides is 3. The van der Waals surface area contributed by atoms with Crippen molar-refractivity contribution in [1.82, 2.24) is 15.1 Å². The fourth-order valence-electron chi connectivity index (χ4n) is 2.17. The number of carbonyl (C=O) groups is 2. The zero-order valence-corrected chi connectivity index (χ0v) is 12.1. The Kier molecular flexibility index (Phi) is 5.26. The van der Waals surface area contributed by atoms with Gasteiger partial charge in [-0.1, -0.05) is 12.1 Å². The monoisotopic (exact) mass is 313 g/mol. The lowest BCUT2D eigenvalue weighted by molar-refractivity contribution is -0.128. The predicted octanol–water partition coefficient (Wildman–Crippen LogP) is 1.27. The Bertz CT molecular complexity index is 537. The molecule has 1 aromatic rings. The van der Waals surface area contributed by atoms with Crippen LogP contribution in [0.4, 0.5) is 13.6 Å². The fraction of sp³-hybridized carbons (Fsp3) is 0.429. The van der Waals surface area contributed by atoms with Crippen LogP contribution in [-0.4, -0.2) is 55.0 Å². The lowest BCUT2D eigenvalue weighted by Crippen LogP contribution is -2.40. The van der Waals surface area contributed by atoms with E-state index in [1.165, 1.54) is 17.0 Å². The van der Waals surface area contributed by atoms with Crippen LogP contribution in [0.1, 0.15) is 5.56 Å². The number of ether oxygens (including phenoxy) is 1. The number of benzene rings is 1. The predicted molar refractivity (Wildman–Crippen MR) is 74.5 cm³/mol. The number of urea groups is 1. The molecule has 1 aromatic carbocycles. The molecule has 0 saturated carbocycles. The van der Waals surface area contributed by atoms with Crippen LogP contribution in [0.15, 0.2) is 24.3 Å². The van der Waals surface area contributed by atoms with Crippen molar-refractivity contribution >= 4 is 11.9 Å². The van der Waals surface area contributed by atoms with E-state index in [1.807, 2.05) is 0 Å². The Morgan fingerprint density at radius 2 is 2.09 bits per heavy atom. The Hall–Kier alpha value is -2.22. The number of likely N-dealkylation sites (N-methyl/N-ethyl adjacent to an activating group) is 1.